The number of fused-ring (bicyclic) bond motifs is 10. The number of rotatable bonds is 20. The first kappa shape index (κ1) is 94.4. The summed E-state index contributed by atoms with van der Waals surface area (Å²) in [7, 11) is 0. The number of hydrogen-bond acceptors (Lipinski definition) is 28. The second kappa shape index (κ2) is 34.0. The number of amides is 2. The maximum atomic E-state index is 16.4. The van der Waals surface area contributed by atoms with Crippen LogP contribution >= 0.6 is 0 Å². The molecule has 30 heteroatoms. The summed E-state index contributed by atoms with van der Waals surface area (Å²) in [6.07, 6.45) is -21.1. The lowest BCUT2D eigenvalue weighted by molar-refractivity contribution is -0.340. The minimum atomic E-state index is -2.41. The Kier molecular flexibility index (Phi) is 25.3. The van der Waals surface area contributed by atoms with Gasteiger partial charge in [0.15, 0.2) is 29.2 Å². The van der Waals surface area contributed by atoms with Crippen LogP contribution in [0.5, 0.6) is 0 Å². The molecular formula is C97H120N2O28. The molecule has 0 aromatic heterocycles. The van der Waals surface area contributed by atoms with E-state index in [2.05, 4.69) is 10.6 Å². The Bertz CT molecular complexity index is 4740. The fraction of sp³-hybridized carbons (Fsp3) is 0.588. The summed E-state index contributed by atoms with van der Waals surface area (Å²) in [6, 6.07) is 27.7. The summed E-state index contributed by atoms with van der Waals surface area (Å²) < 4.78 is 89.0. The third-order valence-corrected chi connectivity index (χ3v) is 28.7. The van der Waals surface area contributed by atoms with Crippen molar-refractivity contribution in [3.63, 3.8) is 0 Å². The average Bonchev–Trinajstić information content (AvgIpc) is 1.03. The van der Waals surface area contributed by atoms with Gasteiger partial charge in [-0.25, -0.2) is 38.4 Å². The minimum absolute atomic E-state index is 0.0592. The lowest BCUT2D eigenvalue weighted by atomic mass is 9.42. The Labute approximate surface area is 739 Å². The fourth-order valence-corrected chi connectivity index (χ4v) is 22.4. The lowest BCUT2D eigenvalue weighted by Crippen LogP contribution is -2.80. The number of ketones is 2. The number of carbonyl (C=O) groups excluding carboxylic acids is 12. The quantitative estimate of drug-likeness (QED) is 0.0363. The molecule has 686 valence electrons. The first-order chi connectivity index (χ1) is 59.1. The lowest BCUT2D eigenvalue weighted by Gasteiger charge is -2.68. The summed E-state index contributed by atoms with van der Waals surface area (Å²) >= 11 is 0. The number of carbonyl (C=O) groups is 12. The van der Waals surface area contributed by atoms with Crippen LogP contribution in [0.2, 0.25) is 0 Å². The predicted molar refractivity (Wildman–Crippen MR) is 451 cm³/mol. The molecule has 3 aliphatic heterocycles. The van der Waals surface area contributed by atoms with Gasteiger partial charge < -0.3 is 87.2 Å². The zero-order valence-electron chi connectivity index (χ0n) is 76.2. The van der Waals surface area contributed by atoms with E-state index in [4.69, 9.17) is 66.3 Å². The molecular weight excluding hydrogens is 1640 g/mol. The molecule has 30 nitrogen and oxygen atoms in total. The topological polar surface area (TPSA) is 399 Å². The molecule has 4 N–H and O–H groups in total. The van der Waals surface area contributed by atoms with Gasteiger partial charge in [-0.2, -0.15) is 0 Å². The molecule has 13 rings (SSSR count). The van der Waals surface area contributed by atoms with Crippen molar-refractivity contribution in [3.05, 3.63) is 166 Å². The van der Waals surface area contributed by atoms with Gasteiger partial charge in [-0.15, -0.1) is 0 Å². The van der Waals surface area contributed by atoms with Crippen LogP contribution in [0.4, 0.5) is 9.59 Å². The van der Waals surface area contributed by atoms with E-state index >= 15 is 28.8 Å². The summed E-state index contributed by atoms with van der Waals surface area (Å²) in [6.45, 7) is 34.4. The molecule has 3 heterocycles. The molecule has 2 unspecified atom stereocenters. The van der Waals surface area contributed by atoms with Gasteiger partial charge in [0.25, 0.3) is 0 Å². The number of alkyl carbamates (subject to hydrolysis) is 2. The molecule has 4 aromatic carbocycles. The van der Waals surface area contributed by atoms with Gasteiger partial charge in [0.1, 0.15) is 82.7 Å². The highest BCUT2D eigenvalue weighted by molar-refractivity contribution is 5.95. The molecule has 7 fully saturated rings. The van der Waals surface area contributed by atoms with Crippen molar-refractivity contribution < 1.29 is 134 Å². The van der Waals surface area contributed by atoms with Crippen LogP contribution in [0.3, 0.4) is 0 Å². The highest BCUT2D eigenvalue weighted by Gasteiger charge is 2.80. The van der Waals surface area contributed by atoms with Crippen molar-refractivity contribution in [2.75, 3.05) is 13.2 Å². The van der Waals surface area contributed by atoms with Crippen LogP contribution in [0.1, 0.15) is 222 Å². The van der Waals surface area contributed by atoms with Crippen LogP contribution < -0.4 is 10.6 Å². The van der Waals surface area contributed by atoms with Crippen molar-refractivity contribution in [1.82, 2.24) is 10.6 Å². The van der Waals surface area contributed by atoms with Gasteiger partial charge in [0.2, 0.25) is 12.2 Å². The van der Waals surface area contributed by atoms with E-state index in [-0.39, 0.29) is 82.2 Å². The van der Waals surface area contributed by atoms with E-state index in [1.807, 2.05) is 13.8 Å². The molecule has 3 saturated heterocycles. The van der Waals surface area contributed by atoms with Crippen LogP contribution in [0.25, 0.3) is 0 Å². The number of nitrogens with one attached hydrogen (secondary N) is 2. The highest BCUT2D eigenvalue weighted by atomic mass is 16.8. The number of aliphatic hydroxyl groups is 2. The van der Waals surface area contributed by atoms with Gasteiger partial charge in [-0.1, -0.05) is 166 Å². The Morgan fingerprint density at radius 3 is 1.07 bits per heavy atom. The molecule has 24 atom stereocenters. The first-order valence-electron chi connectivity index (χ1n) is 43.5. The molecule has 4 saturated carbocycles. The summed E-state index contributed by atoms with van der Waals surface area (Å²) in [4.78, 5) is 183. The summed E-state index contributed by atoms with van der Waals surface area (Å²) in [5.74, 6) is -18.1. The molecule has 127 heavy (non-hydrogen) atoms. The van der Waals surface area contributed by atoms with Crippen LogP contribution in [0, 0.1) is 57.2 Å². The Morgan fingerprint density at radius 1 is 0.465 bits per heavy atom. The zero-order valence-corrected chi connectivity index (χ0v) is 76.2. The minimum Gasteiger partial charge on any atom is -0.455 e. The molecule has 4 aromatic rings. The van der Waals surface area contributed by atoms with Gasteiger partial charge in [0.05, 0.1) is 36.2 Å². The van der Waals surface area contributed by atoms with E-state index in [0.29, 0.717) is 0 Å². The third-order valence-electron chi connectivity index (χ3n) is 28.7. The van der Waals surface area contributed by atoms with Crippen molar-refractivity contribution >= 4 is 71.5 Å². The number of esters is 8. The number of hydrogen-bond donors (Lipinski definition) is 4. The van der Waals surface area contributed by atoms with E-state index in [1.165, 1.54) is 76.2 Å². The summed E-state index contributed by atoms with van der Waals surface area (Å²) in [5, 5.41) is 34.4. The Morgan fingerprint density at radius 2 is 0.780 bits per heavy atom. The van der Waals surface area contributed by atoms with E-state index < -0.39 is 242 Å². The molecule has 2 amide bonds. The number of Topliss-reactive ketones (excluding diaryl/α,β-unsaturated/α-hetero) is 2. The monoisotopic (exact) mass is 1760 g/mol. The number of ether oxygens (including phenoxy) is 14. The van der Waals surface area contributed by atoms with E-state index in [9.17, 15) is 39.0 Å². The third kappa shape index (κ3) is 16.7. The van der Waals surface area contributed by atoms with Crippen molar-refractivity contribution in [1.29, 1.82) is 0 Å². The maximum Gasteiger partial charge on any atom is 0.408 e. The first-order valence-corrected chi connectivity index (χ1v) is 43.5. The largest absolute Gasteiger partial charge is 0.455 e. The predicted octanol–water partition coefficient (Wildman–Crippen LogP) is 12.3. The average molecular weight is 1760 g/mol. The highest BCUT2D eigenvalue weighted by Crippen LogP contribution is 2.69. The van der Waals surface area contributed by atoms with Crippen molar-refractivity contribution in [3.8, 4) is 0 Å². The van der Waals surface area contributed by atoms with E-state index in [1.54, 1.807) is 184 Å². The van der Waals surface area contributed by atoms with Gasteiger partial charge >= 0.3 is 59.9 Å². The standard InChI is InChI=1S/C97H120N2O28/c1-49-43-63-94(47-114-63,122-55(7)100)73-77(120-79(104)59-39-31-25-32-40-59)96(112)45-61(51(3)65(89(96,15)16)53(5)75(102)92(49,73)21)116-81(106)69(67(57-35-27-23-28-36-57)98-85(110)126-87(9,10)11)118-83(108)71-72(125-91(19,20)124-71)84(109)119-70(68(58-37-29-24-30-38-58)99-86(111)127-88(12,13)14)82(107)117-62-46-97(113)78(121-80(105)60-41-33-26-34-42-60)74-93(22,76(103)54(6)66(52(62)4)90(97,17)18)50(2)44-64-95(74,48-115-64)123-56(8)101/h23-42,49-50,53-54,61-64,67-74,77-78,112-113H,43-48H2,1-22H3,(H,98,110)(H,99,111)/t49-,50-,53+,54+,61-,62-,63+,64+,67-,68+,69+,70+,71+,72+,73?,74?,77-,78-,92+,93+,94-,95-,96+,97+/m0/s1. The van der Waals surface area contributed by atoms with Crippen LogP contribution in [-0.2, 0) is 105 Å². The van der Waals surface area contributed by atoms with E-state index in [0.717, 1.165) is 0 Å². The Hall–Kier alpha value is -10.2. The second-order valence-corrected chi connectivity index (χ2v) is 39.9. The second-order valence-electron chi connectivity index (χ2n) is 39.9. The molecule has 4 bridgehead atoms. The Balaban J connectivity index is 0.903. The van der Waals surface area contributed by atoms with Gasteiger partial charge in [-0.05, 0) is 152 Å². The van der Waals surface area contributed by atoms with Gasteiger partial charge in [0, 0.05) is 60.2 Å². The molecule has 0 radical (unpaired) electrons. The molecule has 6 aliphatic carbocycles. The maximum absolute atomic E-state index is 16.4. The normalized spacial score (nSPS) is 34.0. The SMILES string of the molecule is CC(=O)O[C@@]12CO[C@@H]1C[C@H](C)[C@@]1(C)C(=O)[C@H](C)C3=C(C)[C@@H](OC(=O)[C@H](OC(=O)[C@@H]4OC(C)(C)O[C@H]4C(=O)O[C@@H](C(=O)O[C@H]4C[C@@]5(O)[C@@H](OC(=O)c6ccccc6)C6[C@](C)(C(=O)[C@H](C)C(=C4C)C5(C)C)[C@@H](C)C[C@H]4OC[C@@]64OC(C)=O)[C@@H](NC(=O)OC(C)(C)C)c4ccccc4)[C@H](NC(=O)OC(C)(C)C)c4ccccc4)C[C@@](O)([C@@H](OC(=O)c4ccccc4)C12)C3(C)C. The van der Waals surface area contributed by atoms with Gasteiger partial charge in [-0.3, -0.25) is 19.2 Å². The summed E-state index contributed by atoms with van der Waals surface area (Å²) in [5.41, 5.74) is -15.5. The van der Waals surface area contributed by atoms with Crippen molar-refractivity contribution in [2.24, 2.45) is 57.2 Å². The number of benzene rings is 4. The smallest absolute Gasteiger partial charge is 0.408 e. The fourth-order valence-electron chi connectivity index (χ4n) is 22.4. The van der Waals surface area contributed by atoms with Crippen LogP contribution in [0.15, 0.2) is 144 Å². The molecule has 0 spiro atoms. The zero-order chi connectivity index (χ0) is 93.1. The van der Waals surface area contributed by atoms with Crippen LogP contribution in [-0.4, -0.2) is 195 Å². The molecule has 9 aliphatic rings. The van der Waals surface area contributed by atoms with Crippen molar-refractivity contribution in [2.45, 2.75) is 291 Å².